The molecular formula is C22H22F3N5O2S. The fraction of sp³-hybridized carbons (Fsp3) is 0.273. The van der Waals surface area contributed by atoms with E-state index in [1.165, 1.54) is 12.1 Å². The van der Waals surface area contributed by atoms with Gasteiger partial charge in [0.25, 0.3) is 0 Å². The molecule has 7 nitrogen and oxygen atoms in total. The third-order valence-electron chi connectivity index (χ3n) is 4.72. The number of aryl methyl sites for hydroxylation is 2. The van der Waals surface area contributed by atoms with Gasteiger partial charge < -0.3 is 15.2 Å². The Balaban J connectivity index is 1.56. The van der Waals surface area contributed by atoms with Gasteiger partial charge >= 0.3 is 6.18 Å². The zero-order valence-electron chi connectivity index (χ0n) is 18.2. The van der Waals surface area contributed by atoms with E-state index >= 15 is 0 Å². The Morgan fingerprint density at radius 2 is 1.79 bits per heavy atom. The van der Waals surface area contributed by atoms with Crippen LogP contribution in [0.1, 0.15) is 22.5 Å². The van der Waals surface area contributed by atoms with Gasteiger partial charge in [-0.25, -0.2) is 0 Å². The number of amides is 2. The number of benzene rings is 2. The third-order valence-corrected chi connectivity index (χ3v) is 5.74. The van der Waals surface area contributed by atoms with Gasteiger partial charge in [-0.2, -0.15) is 13.2 Å². The minimum absolute atomic E-state index is 0.0368. The van der Waals surface area contributed by atoms with Crippen LogP contribution in [-0.4, -0.2) is 32.3 Å². The van der Waals surface area contributed by atoms with E-state index in [1.54, 1.807) is 11.6 Å². The Morgan fingerprint density at radius 1 is 1.03 bits per heavy atom. The van der Waals surface area contributed by atoms with E-state index in [4.69, 9.17) is 0 Å². The fourth-order valence-electron chi connectivity index (χ4n) is 2.93. The summed E-state index contributed by atoms with van der Waals surface area (Å²) < 4.78 is 40.1. The van der Waals surface area contributed by atoms with Gasteiger partial charge in [0.1, 0.15) is 5.82 Å². The molecule has 0 saturated carbocycles. The Kier molecular flexibility index (Phi) is 7.42. The van der Waals surface area contributed by atoms with Crippen molar-refractivity contribution < 1.29 is 22.8 Å². The number of aromatic nitrogens is 3. The van der Waals surface area contributed by atoms with Crippen LogP contribution < -0.4 is 10.6 Å². The first kappa shape index (κ1) is 24.3. The maximum atomic E-state index is 12.8. The van der Waals surface area contributed by atoms with E-state index in [-0.39, 0.29) is 23.8 Å². The highest BCUT2D eigenvalue weighted by atomic mass is 32.2. The third kappa shape index (κ3) is 6.58. The average Bonchev–Trinajstić information content (AvgIpc) is 3.08. The van der Waals surface area contributed by atoms with Crippen LogP contribution in [0.4, 0.5) is 24.5 Å². The van der Waals surface area contributed by atoms with Crippen LogP contribution in [0, 0.1) is 13.8 Å². The molecule has 1 heterocycles. The van der Waals surface area contributed by atoms with Crippen molar-refractivity contribution in [1.29, 1.82) is 0 Å². The minimum atomic E-state index is -4.50. The molecule has 2 N–H and O–H groups in total. The molecule has 1 aromatic heterocycles. The summed E-state index contributed by atoms with van der Waals surface area (Å²) in [5, 5.41) is 13.7. The molecular weight excluding hydrogens is 455 g/mol. The van der Waals surface area contributed by atoms with Crippen molar-refractivity contribution >= 4 is 35.0 Å². The number of halogens is 3. The fourth-order valence-corrected chi connectivity index (χ4v) is 3.66. The predicted octanol–water partition coefficient (Wildman–Crippen LogP) is 4.36. The molecule has 174 valence electrons. The molecule has 11 heteroatoms. The van der Waals surface area contributed by atoms with Crippen LogP contribution in [0.3, 0.4) is 0 Å². The number of rotatable bonds is 7. The number of hydrogen-bond acceptors (Lipinski definition) is 5. The van der Waals surface area contributed by atoms with Gasteiger partial charge in [0.05, 0.1) is 17.7 Å². The number of hydrogen-bond donors (Lipinski definition) is 2. The highest BCUT2D eigenvalue weighted by Crippen LogP contribution is 2.30. The number of carbonyl (C=O) groups is 2. The quantitative estimate of drug-likeness (QED) is 0.494. The topological polar surface area (TPSA) is 88.9 Å². The molecule has 2 amide bonds. The van der Waals surface area contributed by atoms with E-state index in [0.29, 0.717) is 11.0 Å². The van der Waals surface area contributed by atoms with Gasteiger partial charge in [0.2, 0.25) is 11.8 Å². The lowest BCUT2D eigenvalue weighted by molar-refractivity contribution is -0.137. The Labute approximate surface area is 192 Å². The molecule has 0 saturated heterocycles. The SMILES string of the molecule is Cc1ccc(C)c(NC(=O)CSc2nnc(CC(=O)Nc3cccc(C(F)(F)F)c3)n2C)c1. The van der Waals surface area contributed by atoms with Crippen molar-refractivity contribution in [1.82, 2.24) is 14.8 Å². The standard InChI is InChI=1S/C22H22F3N5O2S/c1-13-7-8-14(2)17(9-13)27-20(32)12-33-21-29-28-18(30(21)3)11-19(31)26-16-6-4-5-15(10-16)22(23,24)25/h4-10H,11-12H2,1-3H3,(H,26,31)(H,27,32). The summed E-state index contributed by atoms with van der Waals surface area (Å²) in [6, 6.07) is 10.2. The minimum Gasteiger partial charge on any atom is -0.326 e. The molecule has 2 aromatic carbocycles. The molecule has 0 spiro atoms. The number of carbonyl (C=O) groups excluding carboxylic acids is 2. The lowest BCUT2D eigenvalue weighted by Gasteiger charge is -2.10. The van der Waals surface area contributed by atoms with Gasteiger partial charge in [-0.1, -0.05) is 30.0 Å². The molecule has 0 aliphatic rings. The van der Waals surface area contributed by atoms with Gasteiger partial charge in [0, 0.05) is 18.4 Å². The van der Waals surface area contributed by atoms with Crippen molar-refractivity contribution in [2.24, 2.45) is 7.05 Å². The van der Waals surface area contributed by atoms with Crippen LogP contribution in [-0.2, 0) is 29.2 Å². The number of nitrogens with one attached hydrogen (secondary N) is 2. The first-order valence-corrected chi connectivity index (χ1v) is 10.9. The summed E-state index contributed by atoms with van der Waals surface area (Å²) in [6.45, 7) is 3.84. The summed E-state index contributed by atoms with van der Waals surface area (Å²) >= 11 is 1.16. The molecule has 3 aromatic rings. The van der Waals surface area contributed by atoms with Crippen molar-refractivity contribution in [2.45, 2.75) is 31.6 Å². The van der Waals surface area contributed by atoms with Gasteiger partial charge in [-0.3, -0.25) is 9.59 Å². The molecule has 0 bridgehead atoms. The number of anilines is 2. The molecule has 0 radical (unpaired) electrons. The second-order valence-electron chi connectivity index (χ2n) is 7.42. The molecule has 0 aliphatic carbocycles. The van der Waals surface area contributed by atoms with E-state index in [1.807, 2.05) is 32.0 Å². The normalized spacial score (nSPS) is 11.3. The monoisotopic (exact) mass is 477 g/mol. The Hall–Kier alpha value is -3.34. The van der Waals surface area contributed by atoms with Gasteiger partial charge in [-0.05, 0) is 49.2 Å². The van der Waals surface area contributed by atoms with Crippen LogP contribution in [0.2, 0.25) is 0 Å². The van der Waals surface area contributed by atoms with Crippen LogP contribution in [0.25, 0.3) is 0 Å². The zero-order valence-corrected chi connectivity index (χ0v) is 19.0. The summed E-state index contributed by atoms with van der Waals surface area (Å²) in [6.07, 6.45) is -4.68. The zero-order chi connectivity index (χ0) is 24.2. The smallest absolute Gasteiger partial charge is 0.326 e. The average molecular weight is 478 g/mol. The number of thioether (sulfide) groups is 1. The number of alkyl halides is 3. The van der Waals surface area contributed by atoms with E-state index in [2.05, 4.69) is 20.8 Å². The van der Waals surface area contributed by atoms with Gasteiger partial charge in [0.15, 0.2) is 5.16 Å². The lowest BCUT2D eigenvalue weighted by Crippen LogP contribution is -2.18. The van der Waals surface area contributed by atoms with Crippen molar-refractivity contribution in [3.63, 3.8) is 0 Å². The highest BCUT2D eigenvalue weighted by molar-refractivity contribution is 7.99. The van der Waals surface area contributed by atoms with E-state index in [9.17, 15) is 22.8 Å². The first-order chi connectivity index (χ1) is 15.5. The van der Waals surface area contributed by atoms with Crippen molar-refractivity contribution in [3.8, 4) is 0 Å². The summed E-state index contributed by atoms with van der Waals surface area (Å²) in [5.41, 5.74) is 1.91. The maximum absolute atomic E-state index is 12.8. The second-order valence-corrected chi connectivity index (χ2v) is 8.36. The molecule has 0 fully saturated rings. The van der Waals surface area contributed by atoms with Crippen molar-refractivity contribution in [2.75, 3.05) is 16.4 Å². The van der Waals surface area contributed by atoms with Crippen LogP contribution in [0.15, 0.2) is 47.6 Å². The lowest BCUT2D eigenvalue weighted by atomic mass is 10.1. The summed E-state index contributed by atoms with van der Waals surface area (Å²) in [5.74, 6) is -0.332. The van der Waals surface area contributed by atoms with E-state index in [0.717, 1.165) is 40.7 Å². The first-order valence-electron chi connectivity index (χ1n) is 9.88. The van der Waals surface area contributed by atoms with Gasteiger partial charge in [-0.15, -0.1) is 10.2 Å². The molecule has 0 unspecified atom stereocenters. The second kappa shape index (κ2) is 10.1. The summed E-state index contributed by atoms with van der Waals surface area (Å²) in [4.78, 5) is 24.6. The molecule has 33 heavy (non-hydrogen) atoms. The molecule has 0 atom stereocenters. The molecule has 0 aliphatic heterocycles. The maximum Gasteiger partial charge on any atom is 0.416 e. The summed E-state index contributed by atoms with van der Waals surface area (Å²) in [7, 11) is 1.65. The Morgan fingerprint density at radius 3 is 2.52 bits per heavy atom. The highest BCUT2D eigenvalue weighted by Gasteiger charge is 2.30. The van der Waals surface area contributed by atoms with Crippen LogP contribution >= 0.6 is 11.8 Å². The Bertz CT molecular complexity index is 1180. The predicted molar refractivity (Wildman–Crippen MR) is 120 cm³/mol. The largest absolute Gasteiger partial charge is 0.416 e. The molecule has 3 rings (SSSR count). The van der Waals surface area contributed by atoms with Crippen molar-refractivity contribution in [3.05, 3.63) is 65.0 Å². The number of nitrogens with zero attached hydrogens (tertiary/aromatic N) is 3. The van der Waals surface area contributed by atoms with E-state index < -0.39 is 17.6 Å². The van der Waals surface area contributed by atoms with Crippen LogP contribution in [0.5, 0.6) is 0 Å².